The molecule has 1 aromatic carbocycles. The molecule has 0 saturated heterocycles. The molecule has 0 aliphatic heterocycles. The van der Waals surface area contributed by atoms with Crippen LogP contribution in [0, 0.1) is 0 Å². The number of nitrogen functional groups attached to an aromatic ring is 1. The van der Waals surface area contributed by atoms with Crippen LogP contribution in [0.5, 0.6) is 0 Å². The van der Waals surface area contributed by atoms with E-state index in [0.717, 1.165) is 22.2 Å². The summed E-state index contributed by atoms with van der Waals surface area (Å²) in [6, 6.07) is 13.8. The van der Waals surface area contributed by atoms with E-state index in [2.05, 4.69) is 16.0 Å². The normalized spacial score (nSPS) is 10.6. The standard InChI is InChI=1S/C14H11N3/c15-10-6-7-14(17-9-10)11-3-1-5-13-12(11)4-2-8-16-13/h1-9H,15H2. The van der Waals surface area contributed by atoms with E-state index in [9.17, 15) is 0 Å². The molecule has 2 aromatic heterocycles. The number of rotatable bonds is 1. The summed E-state index contributed by atoms with van der Waals surface area (Å²) in [4.78, 5) is 8.68. The Morgan fingerprint density at radius 3 is 2.65 bits per heavy atom. The first-order valence-corrected chi connectivity index (χ1v) is 5.40. The van der Waals surface area contributed by atoms with Crippen LogP contribution in [-0.4, -0.2) is 9.97 Å². The zero-order chi connectivity index (χ0) is 11.7. The number of pyridine rings is 2. The lowest BCUT2D eigenvalue weighted by Gasteiger charge is -2.05. The SMILES string of the molecule is Nc1ccc(-c2cccc3ncccc23)nc1. The molecule has 3 rings (SSSR count). The van der Waals surface area contributed by atoms with Gasteiger partial charge in [0, 0.05) is 17.1 Å². The van der Waals surface area contributed by atoms with Crippen LogP contribution in [0.25, 0.3) is 22.2 Å². The Kier molecular flexibility index (Phi) is 2.22. The van der Waals surface area contributed by atoms with Crippen molar-refractivity contribution >= 4 is 16.6 Å². The van der Waals surface area contributed by atoms with Gasteiger partial charge in [-0.1, -0.05) is 18.2 Å². The maximum Gasteiger partial charge on any atom is 0.0710 e. The number of hydrogen-bond donors (Lipinski definition) is 1. The fourth-order valence-corrected chi connectivity index (χ4v) is 1.89. The van der Waals surface area contributed by atoms with Crippen LogP contribution in [-0.2, 0) is 0 Å². The maximum atomic E-state index is 5.64. The van der Waals surface area contributed by atoms with Crippen molar-refractivity contribution in [2.75, 3.05) is 5.73 Å². The monoisotopic (exact) mass is 221 g/mol. The number of anilines is 1. The summed E-state index contributed by atoms with van der Waals surface area (Å²) < 4.78 is 0. The van der Waals surface area contributed by atoms with Crippen LogP contribution in [0.15, 0.2) is 54.9 Å². The Labute approximate surface area is 98.9 Å². The molecule has 82 valence electrons. The number of nitrogens with two attached hydrogens (primary N) is 1. The minimum absolute atomic E-state index is 0.673. The van der Waals surface area contributed by atoms with Crippen LogP contribution in [0.3, 0.4) is 0 Å². The van der Waals surface area contributed by atoms with Crippen molar-refractivity contribution in [3.63, 3.8) is 0 Å². The number of fused-ring (bicyclic) bond motifs is 1. The molecule has 0 unspecified atom stereocenters. The Morgan fingerprint density at radius 1 is 0.882 bits per heavy atom. The van der Waals surface area contributed by atoms with Gasteiger partial charge in [-0.3, -0.25) is 9.97 Å². The molecule has 2 N–H and O–H groups in total. The summed E-state index contributed by atoms with van der Waals surface area (Å²) >= 11 is 0. The summed E-state index contributed by atoms with van der Waals surface area (Å²) in [5, 5.41) is 1.10. The molecule has 17 heavy (non-hydrogen) atoms. The smallest absolute Gasteiger partial charge is 0.0710 e. The van der Waals surface area contributed by atoms with Gasteiger partial charge in [0.1, 0.15) is 0 Å². The molecular formula is C14H11N3. The first-order chi connectivity index (χ1) is 8.34. The van der Waals surface area contributed by atoms with E-state index in [1.54, 1.807) is 12.4 Å². The van der Waals surface area contributed by atoms with Gasteiger partial charge in [0.2, 0.25) is 0 Å². The molecule has 2 heterocycles. The second-order valence-corrected chi connectivity index (χ2v) is 3.85. The predicted octanol–water partition coefficient (Wildman–Crippen LogP) is 2.88. The molecule has 3 aromatic rings. The Hall–Kier alpha value is -2.42. The van der Waals surface area contributed by atoms with Gasteiger partial charge in [0.25, 0.3) is 0 Å². The highest BCUT2D eigenvalue weighted by Gasteiger charge is 2.04. The van der Waals surface area contributed by atoms with Gasteiger partial charge in [0.05, 0.1) is 23.1 Å². The average molecular weight is 221 g/mol. The van der Waals surface area contributed by atoms with Gasteiger partial charge >= 0.3 is 0 Å². The Balaban J connectivity index is 2.27. The summed E-state index contributed by atoms with van der Waals surface area (Å²) in [6.45, 7) is 0. The highest BCUT2D eigenvalue weighted by Crippen LogP contribution is 2.26. The van der Waals surface area contributed by atoms with Crippen molar-refractivity contribution < 1.29 is 0 Å². The van der Waals surface area contributed by atoms with E-state index >= 15 is 0 Å². The molecule has 0 spiro atoms. The molecule has 3 nitrogen and oxygen atoms in total. The molecule has 0 aliphatic carbocycles. The number of aromatic nitrogens is 2. The van der Waals surface area contributed by atoms with Crippen LogP contribution in [0.2, 0.25) is 0 Å². The molecule has 0 atom stereocenters. The summed E-state index contributed by atoms with van der Waals surface area (Å²) in [5.74, 6) is 0. The fourth-order valence-electron chi connectivity index (χ4n) is 1.89. The Morgan fingerprint density at radius 2 is 1.82 bits per heavy atom. The summed E-state index contributed by atoms with van der Waals surface area (Å²) in [7, 11) is 0. The minimum Gasteiger partial charge on any atom is -0.397 e. The number of benzene rings is 1. The van der Waals surface area contributed by atoms with Gasteiger partial charge in [0.15, 0.2) is 0 Å². The van der Waals surface area contributed by atoms with Crippen LogP contribution < -0.4 is 5.73 Å². The number of nitrogens with zero attached hydrogens (tertiary/aromatic N) is 2. The lowest BCUT2D eigenvalue weighted by molar-refractivity contribution is 1.33. The third-order valence-electron chi connectivity index (χ3n) is 2.71. The van der Waals surface area contributed by atoms with E-state index < -0.39 is 0 Å². The van der Waals surface area contributed by atoms with Crippen molar-refractivity contribution in [2.45, 2.75) is 0 Å². The second-order valence-electron chi connectivity index (χ2n) is 3.85. The van der Waals surface area contributed by atoms with Crippen molar-refractivity contribution in [2.24, 2.45) is 0 Å². The van der Waals surface area contributed by atoms with E-state index in [4.69, 9.17) is 5.73 Å². The lowest BCUT2D eigenvalue weighted by Crippen LogP contribution is -1.89. The molecule has 0 saturated carbocycles. The largest absolute Gasteiger partial charge is 0.397 e. The zero-order valence-corrected chi connectivity index (χ0v) is 9.17. The Bertz CT molecular complexity index is 654. The van der Waals surface area contributed by atoms with Gasteiger partial charge < -0.3 is 5.73 Å². The van der Waals surface area contributed by atoms with E-state index in [-0.39, 0.29) is 0 Å². The third kappa shape index (κ3) is 1.72. The fraction of sp³-hybridized carbons (Fsp3) is 0. The maximum absolute atomic E-state index is 5.64. The highest BCUT2D eigenvalue weighted by atomic mass is 14.7. The van der Waals surface area contributed by atoms with Crippen molar-refractivity contribution in [3.8, 4) is 11.3 Å². The van der Waals surface area contributed by atoms with Gasteiger partial charge in [-0.05, 0) is 24.3 Å². The van der Waals surface area contributed by atoms with Crippen LogP contribution in [0.1, 0.15) is 0 Å². The summed E-state index contributed by atoms with van der Waals surface area (Å²) in [5.41, 5.74) is 9.29. The predicted molar refractivity (Wildman–Crippen MR) is 69.4 cm³/mol. The van der Waals surface area contributed by atoms with Crippen LogP contribution in [0.4, 0.5) is 5.69 Å². The third-order valence-corrected chi connectivity index (χ3v) is 2.71. The molecule has 0 bridgehead atoms. The molecule has 0 fully saturated rings. The topological polar surface area (TPSA) is 51.8 Å². The first kappa shape index (κ1) is 9.78. The first-order valence-electron chi connectivity index (χ1n) is 5.40. The molecular weight excluding hydrogens is 210 g/mol. The molecule has 3 heteroatoms. The minimum atomic E-state index is 0.673. The van der Waals surface area contributed by atoms with E-state index in [1.807, 2.05) is 36.4 Å². The number of hydrogen-bond acceptors (Lipinski definition) is 3. The zero-order valence-electron chi connectivity index (χ0n) is 9.17. The van der Waals surface area contributed by atoms with Crippen molar-refractivity contribution in [3.05, 3.63) is 54.9 Å². The molecule has 0 aliphatic rings. The van der Waals surface area contributed by atoms with Crippen molar-refractivity contribution in [1.29, 1.82) is 0 Å². The van der Waals surface area contributed by atoms with Gasteiger partial charge in [-0.15, -0.1) is 0 Å². The molecule has 0 amide bonds. The van der Waals surface area contributed by atoms with Crippen LogP contribution >= 0.6 is 0 Å². The van der Waals surface area contributed by atoms with Gasteiger partial charge in [-0.2, -0.15) is 0 Å². The summed E-state index contributed by atoms with van der Waals surface area (Å²) in [6.07, 6.45) is 3.47. The van der Waals surface area contributed by atoms with Gasteiger partial charge in [-0.25, -0.2) is 0 Å². The highest BCUT2D eigenvalue weighted by molar-refractivity contribution is 5.93. The van der Waals surface area contributed by atoms with Crippen molar-refractivity contribution in [1.82, 2.24) is 9.97 Å². The van der Waals surface area contributed by atoms with E-state index in [1.165, 1.54) is 0 Å². The second kappa shape index (κ2) is 3.87. The van der Waals surface area contributed by atoms with E-state index in [0.29, 0.717) is 5.69 Å². The lowest BCUT2D eigenvalue weighted by atomic mass is 10.1. The molecule has 0 radical (unpaired) electrons. The average Bonchev–Trinajstić information content (AvgIpc) is 2.39. The quantitative estimate of drug-likeness (QED) is 0.687.